The zero-order valence-electron chi connectivity index (χ0n) is 11.5. The number of carboxylic acids is 1. The van der Waals surface area contributed by atoms with E-state index >= 15 is 0 Å². The summed E-state index contributed by atoms with van der Waals surface area (Å²) in [6.45, 7) is 0. The Morgan fingerprint density at radius 3 is 2.57 bits per heavy atom. The maximum absolute atomic E-state index is 12.2. The van der Waals surface area contributed by atoms with Gasteiger partial charge in [-0.1, -0.05) is 11.6 Å². The maximum atomic E-state index is 12.2. The summed E-state index contributed by atoms with van der Waals surface area (Å²) in [7, 11) is 0. The van der Waals surface area contributed by atoms with Crippen molar-refractivity contribution in [3.05, 3.63) is 58.8 Å². The minimum atomic E-state index is -1.26. The molecule has 7 heteroatoms. The third-order valence-electron chi connectivity index (χ3n) is 3.19. The molecule has 0 radical (unpaired) electrons. The van der Waals surface area contributed by atoms with E-state index < -0.39 is 17.6 Å². The predicted molar refractivity (Wildman–Crippen MR) is 84.2 cm³/mol. The standard InChI is InChI=1S/C16H10ClNO5/c17-9-1-4-13-8(5-9)6-14(23-13)15(20)18-10-2-3-11(16(21)22)12(19)7-10/h1-7,19H,(H,18,20)(H,21,22). The van der Waals surface area contributed by atoms with Crippen LogP contribution in [0.2, 0.25) is 5.02 Å². The average Bonchev–Trinajstić information content (AvgIpc) is 2.90. The van der Waals surface area contributed by atoms with E-state index in [4.69, 9.17) is 21.1 Å². The molecule has 0 saturated heterocycles. The predicted octanol–water partition coefficient (Wildman–Crippen LogP) is 3.74. The lowest BCUT2D eigenvalue weighted by Gasteiger charge is -2.05. The molecule has 0 fully saturated rings. The average molecular weight is 332 g/mol. The second-order valence-corrected chi connectivity index (χ2v) is 5.22. The fourth-order valence-corrected chi connectivity index (χ4v) is 2.29. The second kappa shape index (κ2) is 5.66. The van der Waals surface area contributed by atoms with Gasteiger partial charge in [-0.3, -0.25) is 4.79 Å². The fraction of sp³-hybridized carbons (Fsp3) is 0. The molecule has 3 aromatic rings. The van der Waals surface area contributed by atoms with Gasteiger partial charge >= 0.3 is 5.97 Å². The molecule has 3 N–H and O–H groups in total. The van der Waals surface area contributed by atoms with Gasteiger partial charge in [-0.05, 0) is 36.4 Å². The van der Waals surface area contributed by atoms with Gasteiger partial charge in [0.25, 0.3) is 5.91 Å². The first-order valence-corrected chi connectivity index (χ1v) is 6.88. The molecule has 0 bridgehead atoms. The Balaban J connectivity index is 1.85. The van der Waals surface area contributed by atoms with Gasteiger partial charge in [0, 0.05) is 22.2 Å². The van der Waals surface area contributed by atoms with Crippen LogP contribution in [0.25, 0.3) is 11.0 Å². The fourth-order valence-electron chi connectivity index (χ4n) is 2.11. The van der Waals surface area contributed by atoms with Crippen molar-refractivity contribution in [3.63, 3.8) is 0 Å². The Morgan fingerprint density at radius 1 is 1.09 bits per heavy atom. The van der Waals surface area contributed by atoms with Crippen LogP contribution in [0.4, 0.5) is 5.69 Å². The molecule has 0 aliphatic carbocycles. The van der Waals surface area contributed by atoms with Gasteiger partial charge in [-0.15, -0.1) is 0 Å². The quantitative estimate of drug-likeness (QED) is 0.678. The van der Waals surface area contributed by atoms with Gasteiger partial charge in [0.15, 0.2) is 5.76 Å². The minimum Gasteiger partial charge on any atom is -0.507 e. The number of rotatable bonds is 3. The molecular formula is C16H10ClNO5. The number of benzene rings is 2. The third-order valence-corrected chi connectivity index (χ3v) is 3.42. The normalized spacial score (nSPS) is 10.7. The van der Waals surface area contributed by atoms with E-state index in [-0.39, 0.29) is 17.0 Å². The lowest BCUT2D eigenvalue weighted by atomic mass is 10.2. The summed E-state index contributed by atoms with van der Waals surface area (Å²) in [5.74, 6) is -2.15. The van der Waals surface area contributed by atoms with E-state index in [1.54, 1.807) is 24.3 Å². The van der Waals surface area contributed by atoms with E-state index in [2.05, 4.69) is 5.32 Å². The monoisotopic (exact) mass is 331 g/mol. The number of halogens is 1. The number of carbonyl (C=O) groups excluding carboxylic acids is 1. The van der Waals surface area contributed by atoms with E-state index in [9.17, 15) is 14.7 Å². The van der Waals surface area contributed by atoms with E-state index in [1.807, 2.05) is 0 Å². The highest BCUT2D eigenvalue weighted by atomic mass is 35.5. The lowest BCUT2D eigenvalue weighted by Crippen LogP contribution is -2.11. The van der Waals surface area contributed by atoms with Crippen LogP contribution in [0.3, 0.4) is 0 Å². The van der Waals surface area contributed by atoms with Crippen molar-refractivity contribution >= 4 is 40.1 Å². The summed E-state index contributed by atoms with van der Waals surface area (Å²) in [5, 5.41) is 22.2. The molecule has 1 heterocycles. The number of hydrogen-bond acceptors (Lipinski definition) is 4. The molecule has 116 valence electrons. The van der Waals surface area contributed by atoms with Crippen molar-refractivity contribution in [2.75, 3.05) is 5.32 Å². The zero-order chi connectivity index (χ0) is 16.6. The molecule has 0 aliphatic heterocycles. The molecule has 1 amide bonds. The molecule has 3 rings (SSSR count). The maximum Gasteiger partial charge on any atom is 0.339 e. The van der Waals surface area contributed by atoms with Crippen LogP contribution in [-0.4, -0.2) is 22.1 Å². The van der Waals surface area contributed by atoms with E-state index in [1.165, 1.54) is 12.1 Å². The van der Waals surface area contributed by atoms with Gasteiger partial charge in [-0.25, -0.2) is 4.79 Å². The number of nitrogens with one attached hydrogen (secondary N) is 1. The summed E-state index contributed by atoms with van der Waals surface area (Å²) in [6, 6.07) is 10.2. The summed E-state index contributed by atoms with van der Waals surface area (Å²) >= 11 is 5.88. The van der Waals surface area contributed by atoms with Crippen LogP contribution in [0.15, 0.2) is 46.9 Å². The van der Waals surface area contributed by atoms with Gasteiger partial charge in [0.1, 0.15) is 16.9 Å². The molecule has 0 aliphatic rings. The number of anilines is 1. The Hall–Kier alpha value is -2.99. The highest BCUT2D eigenvalue weighted by Gasteiger charge is 2.15. The zero-order valence-corrected chi connectivity index (χ0v) is 12.3. The Kier molecular flexibility index (Phi) is 3.67. The largest absolute Gasteiger partial charge is 0.507 e. The number of aromatic carboxylic acids is 1. The first kappa shape index (κ1) is 14.9. The number of furan rings is 1. The van der Waals surface area contributed by atoms with Crippen LogP contribution < -0.4 is 5.32 Å². The summed E-state index contributed by atoms with van der Waals surface area (Å²) in [6.07, 6.45) is 0. The molecule has 0 spiro atoms. The first-order valence-electron chi connectivity index (χ1n) is 6.51. The molecule has 23 heavy (non-hydrogen) atoms. The number of aromatic hydroxyl groups is 1. The number of fused-ring (bicyclic) bond motifs is 1. The molecule has 6 nitrogen and oxygen atoms in total. The molecule has 1 aromatic heterocycles. The number of phenols is 1. The number of amides is 1. The van der Waals surface area contributed by atoms with Crippen LogP contribution in [0.5, 0.6) is 5.75 Å². The van der Waals surface area contributed by atoms with Crippen molar-refractivity contribution in [1.82, 2.24) is 0 Å². The van der Waals surface area contributed by atoms with E-state index in [0.29, 0.717) is 16.0 Å². The van der Waals surface area contributed by atoms with Gasteiger partial charge in [-0.2, -0.15) is 0 Å². The molecule has 0 saturated carbocycles. The van der Waals surface area contributed by atoms with Crippen LogP contribution in [0, 0.1) is 0 Å². The van der Waals surface area contributed by atoms with Crippen LogP contribution in [0.1, 0.15) is 20.9 Å². The van der Waals surface area contributed by atoms with Crippen molar-refractivity contribution in [2.45, 2.75) is 0 Å². The third kappa shape index (κ3) is 2.97. The summed E-state index contributed by atoms with van der Waals surface area (Å²) in [4.78, 5) is 23.0. The van der Waals surface area contributed by atoms with Crippen molar-refractivity contribution in [3.8, 4) is 5.75 Å². The Labute approximate surface area is 134 Å². The van der Waals surface area contributed by atoms with Crippen molar-refractivity contribution < 1.29 is 24.2 Å². The number of hydrogen-bond donors (Lipinski definition) is 3. The van der Waals surface area contributed by atoms with Crippen LogP contribution >= 0.6 is 11.6 Å². The highest BCUT2D eigenvalue weighted by Crippen LogP contribution is 2.25. The van der Waals surface area contributed by atoms with Gasteiger partial charge in [0.05, 0.1) is 0 Å². The first-order chi connectivity index (χ1) is 10.9. The SMILES string of the molecule is O=C(Nc1ccc(C(=O)O)c(O)c1)c1cc2cc(Cl)ccc2o1. The molecule has 2 aromatic carbocycles. The van der Waals surface area contributed by atoms with Gasteiger partial charge < -0.3 is 19.9 Å². The number of carbonyl (C=O) groups is 2. The lowest BCUT2D eigenvalue weighted by molar-refractivity contribution is 0.0693. The molecule has 0 atom stereocenters. The number of carboxylic acid groups (broad SMARTS) is 1. The highest BCUT2D eigenvalue weighted by molar-refractivity contribution is 6.31. The Bertz CT molecular complexity index is 931. The summed E-state index contributed by atoms with van der Waals surface area (Å²) < 4.78 is 5.42. The van der Waals surface area contributed by atoms with Gasteiger partial charge in [0.2, 0.25) is 0 Å². The molecule has 0 unspecified atom stereocenters. The van der Waals surface area contributed by atoms with Crippen LogP contribution in [-0.2, 0) is 0 Å². The molecular weight excluding hydrogens is 322 g/mol. The Morgan fingerprint density at radius 2 is 1.87 bits per heavy atom. The van der Waals surface area contributed by atoms with E-state index in [0.717, 1.165) is 6.07 Å². The van der Waals surface area contributed by atoms with Crippen molar-refractivity contribution in [2.24, 2.45) is 0 Å². The summed E-state index contributed by atoms with van der Waals surface area (Å²) in [5.41, 5.74) is 0.515. The van der Waals surface area contributed by atoms with Crippen molar-refractivity contribution in [1.29, 1.82) is 0 Å². The second-order valence-electron chi connectivity index (χ2n) is 4.78. The minimum absolute atomic E-state index is 0.0732. The smallest absolute Gasteiger partial charge is 0.339 e. The topological polar surface area (TPSA) is 99.8 Å².